The average molecular weight is 451 g/mol. The van der Waals surface area contributed by atoms with Crippen molar-refractivity contribution in [3.63, 3.8) is 0 Å². The molecule has 0 saturated heterocycles. The number of nitrogens with zero attached hydrogens (tertiary/aromatic N) is 3. The van der Waals surface area contributed by atoms with Crippen LogP contribution in [0.3, 0.4) is 0 Å². The third-order valence-corrected chi connectivity index (χ3v) is 6.23. The van der Waals surface area contributed by atoms with Crippen LogP contribution in [0.15, 0.2) is 47.7 Å². The van der Waals surface area contributed by atoms with Crippen LogP contribution in [-0.4, -0.2) is 33.2 Å². The molecule has 3 aromatic rings. The number of benzene rings is 1. The highest BCUT2D eigenvalue weighted by atomic mass is 32.1. The Labute approximate surface area is 189 Å². The van der Waals surface area contributed by atoms with Crippen LogP contribution in [-0.2, 0) is 24.3 Å². The van der Waals surface area contributed by atoms with E-state index in [1.165, 1.54) is 22.3 Å². The summed E-state index contributed by atoms with van der Waals surface area (Å²) in [5.74, 6) is -1.65. The number of pyridine rings is 1. The maximum Gasteiger partial charge on any atom is 0.282 e. The number of hydrogen-bond donors (Lipinski definition) is 1. The lowest BCUT2D eigenvalue weighted by Crippen LogP contribution is -2.37. The molecule has 2 amide bonds. The first-order valence-electron chi connectivity index (χ1n) is 10.3. The van der Waals surface area contributed by atoms with Gasteiger partial charge in [-0.2, -0.15) is 0 Å². The molecule has 8 heteroatoms. The van der Waals surface area contributed by atoms with E-state index in [9.17, 15) is 14.0 Å². The molecule has 6 nitrogen and oxygen atoms in total. The highest BCUT2D eigenvalue weighted by Crippen LogP contribution is 2.25. The van der Waals surface area contributed by atoms with Crippen LogP contribution in [0.2, 0.25) is 0 Å². The summed E-state index contributed by atoms with van der Waals surface area (Å²) in [7, 11) is 0. The van der Waals surface area contributed by atoms with Gasteiger partial charge in [-0.1, -0.05) is 30.3 Å². The van der Waals surface area contributed by atoms with Crippen molar-refractivity contribution in [3.8, 4) is 0 Å². The van der Waals surface area contributed by atoms with Crippen LogP contribution >= 0.6 is 11.3 Å². The highest BCUT2D eigenvalue weighted by molar-refractivity contribution is 7.09. The number of hydrogen-bond acceptors (Lipinski definition) is 5. The number of carbonyl (C=O) groups is 2. The summed E-state index contributed by atoms with van der Waals surface area (Å²) in [6.45, 7) is 4.76. The standard InChI is InChI=1S/C24H23FN4O2S/c1-15-20(12-27-23(30)22-14-32-16(2)28-22)19-8-9-29(13-18(19)11-26-15)24(31)21(25)10-17-6-4-3-5-7-17/h3-7,10-11,14H,8-9,12-13H2,1-2H3,(H,27,30). The first-order valence-corrected chi connectivity index (χ1v) is 11.2. The Bertz CT molecular complexity index is 1190. The SMILES string of the molecule is Cc1nc(C(=O)NCc2c(C)ncc3c2CCN(C(=O)C(F)=Cc2ccccc2)C3)cs1. The van der Waals surface area contributed by atoms with Gasteiger partial charge in [0.15, 0.2) is 5.83 Å². The number of halogens is 1. The van der Waals surface area contributed by atoms with Gasteiger partial charge in [0.05, 0.1) is 5.01 Å². The molecule has 0 radical (unpaired) electrons. The quantitative estimate of drug-likeness (QED) is 0.597. The monoisotopic (exact) mass is 450 g/mol. The second kappa shape index (κ2) is 9.40. The molecule has 32 heavy (non-hydrogen) atoms. The molecule has 1 aliphatic heterocycles. The maximum absolute atomic E-state index is 14.6. The molecular weight excluding hydrogens is 427 g/mol. The van der Waals surface area contributed by atoms with E-state index in [1.807, 2.05) is 19.9 Å². The van der Waals surface area contributed by atoms with E-state index in [4.69, 9.17) is 0 Å². The van der Waals surface area contributed by atoms with Gasteiger partial charge < -0.3 is 10.2 Å². The molecule has 0 bridgehead atoms. The summed E-state index contributed by atoms with van der Waals surface area (Å²) < 4.78 is 14.6. The summed E-state index contributed by atoms with van der Waals surface area (Å²) >= 11 is 1.43. The van der Waals surface area contributed by atoms with E-state index >= 15 is 0 Å². The van der Waals surface area contributed by atoms with Gasteiger partial charge in [0.25, 0.3) is 11.8 Å². The van der Waals surface area contributed by atoms with E-state index in [2.05, 4.69) is 15.3 Å². The Kier molecular flexibility index (Phi) is 6.41. The molecule has 0 saturated carbocycles. The van der Waals surface area contributed by atoms with Gasteiger partial charge in [-0.15, -0.1) is 11.3 Å². The number of carbonyl (C=O) groups excluding carboxylic acids is 2. The lowest BCUT2D eigenvalue weighted by molar-refractivity contribution is -0.129. The van der Waals surface area contributed by atoms with Crippen LogP contribution in [0.25, 0.3) is 6.08 Å². The number of aryl methyl sites for hydroxylation is 2. The van der Waals surface area contributed by atoms with Gasteiger partial charge in [0.2, 0.25) is 0 Å². The van der Waals surface area contributed by atoms with Crippen LogP contribution < -0.4 is 5.32 Å². The Morgan fingerprint density at radius 3 is 2.75 bits per heavy atom. The van der Waals surface area contributed by atoms with Crippen molar-refractivity contribution in [2.75, 3.05) is 6.54 Å². The van der Waals surface area contributed by atoms with Gasteiger partial charge in [-0.3, -0.25) is 14.6 Å². The molecule has 4 rings (SSSR count). The molecule has 1 aliphatic rings. The number of thiazole rings is 1. The Balaban J connectivity index is 1.48. The molecule has 0 fully saturated rings. The average Bonchev–Trinajstić information content (AvgIpc) is 3.24. The first kappa shape index (κ1) is 21.8. The molecule has 0 aliphatic carbocycles. The van der Waals surface area contributed by atoms with E-state index in [-0.39, 0.29) is 12.5 Å². The zero-order valence-electron chi connectivity index (χ0n) is 17.9. The minimum absolute atomic E-state index is 0.230. The molecule has 164 valence electrons. The van der Waals surface area contributed by atoms with Crippen molar-refractivity contribution in [1.82, 2.24) is 20.2 Å². The molecule has 0 unspecified atom stereocenters. The van der Waals surface area contributed by atoms with Crippen molar-refractivity contribution in [1.29, 1.82) is 0 Å². The minimum atomic E-state index is -0.786. The fraction of sp³-hybridized carbons (Fsp3) is 0.250. The second-order valence-electron chi connectivity index (χ2n) is 7.64. The molecule has 3 heterocycles. The molecule has 1 N–H and O–H groups in total. The smallest absolute Gasteiger partial charge is 0.282 e. The third kappa shape index (κ3) is 4.75. The van der Waals surface area contributed by atoms with E-state index in [1.54, 1.807) is 35.8 Å². The van der Waals surface area contributed by atoms with Crippen LogP contribution in [0, 0.1) is 13.8 Å². The van der Waals surface area contributed by atoms with Crippen LogP contribution in [0.4, 0.5) is 4.39 Å². The van der Waals surface area contributed by atoms with E-state index in [0.717, 1.165) is 27.4 Å². The number of amides is 2. The molecule has 1 aromatic carbocycles. The minimum Gasteiger partial charge on any atom is -0.347 e. The number of nitrogens with one attached hydrogen (secondary N) is 1. The van der Waals surface area contributed by atoms with Crippen molar-refractivity contribution in [3.05, 3.63) is 86.4 Å². The first-order chi connectivity index (χ1) is 15.4. The van der Waals surface area contributed by atoms with Crippen molar-refractivity contribution in [2.45, 2.75) is 33.4 Å². The third-order valence-electron chi connectivity index (χ3n) is 5.46. The highest BCUT2D eigenvalue weighted by Gasteiger charge is 2.26. The van der Waals surface area contributed by atoms with Crippen molar-refractivity contribution < 1.29 is 14.0 Å². The normalized spacial score (nSPS) is 13.6. The van der Waals surface area contributed by atoms with Crippen LogP contribution in [0.5, 0.6) is 0 Å². The fourth-order valence-electron chi connectivity index (χ4n) is 3.77. The maximum atomic E-state index is 14.6. The zero-order chi connectivity index (χ0) is 22.7. The topological polar surface area (TPSA) is 75.2 Å². The van der Waals surface area contributed by atoms with Gasteiger partial charge in [-0.25, -0.2) is 9.37 Å². The van der Waals surface area contributed by atoms with Gasteiger partial charge in [0, 0.05) is 36.9 Å². The predicted molar refractivity (Wildman–Crippen MR) is 122 cm³/mol. The number of rotatable bonds is 5. The van der Waals surface area contributed by atoms with E-state index < -0.39 is 11.7 Å². The molecular formula is C24H23FN4O2S. The zero-order valence-corrected chi connectivity index (χ0v) is 18.7. The molecule has 0 atom stereocenters. The Morgan fingerprint density at radius 2 is 2.03 bits per heavy atom. The summed E-state index contributed by atoms with van der Waals surface area (Å²) in [5.41, 5.74) is 4.74. The lowest BCUT2D eigenvalue weighted by Gasteiger charge is -2.30. The number of aromatic nitrogens is 2. The summed E-state index contributed by atoms with van der Waals surface area (Å²) in [4.78, 5) is 35.2. The van der Waals surface area contributed by atoms with Crippen molar-refractivity contribution in [2.24, 2.45) is 0 Å². The number of fused-ring (bicyclic) bond motifs is 1. The van der Waals surface area contributed by atoms with E-state index in [0.29, 0.717) is 30.8 Å². The van der Waals surface area contributed by atoms with Gasteiger partial charge >= 0.3 is 0 Å². The fourth-order valence-corrected chi connectivity index (χ4v) is 4.36. The van der Waals surface area contributed by atoms with Crippen molar-refractivity contribution >= 4 is 29.2 Å². The summed E-state index contributed by atoms with van der Waals surface area (Å²) in [6.07, 6.45) is 3.56. The molecule has 0 spiro atoms. The lowest BCUT2D eigenvalue weighted by atomic mass is 9.94. The van der Waals surface area contributed by atoms with Gasteiger partial charge in [-0.05, 0) is 48.6 Å². The predicted octanol–water partition coefficient (Wildman–Crippen LogP) is 3.98. The Morgan fingerprint density at radius 1 is 1.25 bits per heavy atom. The molecule has 2 aromatic heterocycles. The summed E-state index contributed by atoms with van der Waals surface area (Å²) in [6, 6.07) is 8.93. The largest absolute Gasteiger partial charge is 0.347 e. The summed E-state index contributed by atoms with van der Waals surface area (Å²) in [5, 5.41) is 5.48. The Hall–Kier alpha value is -3.39. The van der Waals surface area contributed by atoms with Gasteiger partial charge in [0.1, 0.15) is 5.69 Å². The second-order valence-corrected chi connectivity index (χ2v) is 8.70. The van der Waals surface area contributed by atoms with Crippen LogP contribution in [0.1, 0.15) is 43.4 Å².